The van der Waals surface area contributed by atoms with Gasteiger partial charge in [0.25, 0.3) is 5.91 Å². The molecule has 0 heterocycles. The Morgan fingerprint density at radius 1 is 1.21 bits per heavy atom. The summed E-state index contributed by atoms with van der Waals surface area (Å²) in [6, 6.07) is 4.14. The van der Waals surface area contributed by atoms with Gasteiger partial charge in [-0.25, -0.2) is 4.79 Å². The summed E-state index contributed by atoms with van der Waals surface area (Å²) in [5.41, 5.74) is 11.6. The molecule has 0 atom stereocenters. The maximum atomic E-state index is 11.1. The van der Waals surface area contributed by atoms with Gasteiger partial charge in [0.15, 0.2) is 0 Å². The Balaban J connectivity index is 2.91. The number of carbonyl (C=O) groups excluding carboxylic acids is 1. The van der Waals surface area contributed by atoms with E-state index in [0.29, 0.717) is 5.69 Å². The predicted molar refractivity (Wildman–Crippen MR) is 50.8 cm³/mol. The third kappa shape index (κ3) is 2.13. The molecule has 0 spiro atoms. The Bertz CT molecular complexity index is 389. The van der Waals surface area contributed by atoms with Crippen molar-refractivity contribution in [3.05, 3.63) is 23.8 Å². The summed E-state index contributed by atoms with van der Waals surface area (Å²) in [7, 11) is 0. The van der Waals surface area contributed by atoms with Crippen molar-refractivity contribution in [1.82, 2.24) is 5.32 Å². The number of imide groups is 1. The van der Waals surface area contributed by atoms with Crippen LogP contribution in [-0.4, -0.2) is 17.1 Å². The van der Waals surface area contributed by atoms with E-state index in [4.69, 9.17) is 16.6 Å². The van der Waals surface area contributed by atoms with Crippen LogP contribution in [-0.2, 0) is 0 Å². The van der Waals surface area contributed by atoms with Crippen LogP contribution >= 0.6 is 0 Å². The highest BCUT2D eigenvalue weighted by Gasteiger charge is 2.09. The second-order valence-corrected chi connectivity index (χ2v) is 2.60. The maximum Gasteiger partial charge on any atom is 0.411 e. The van der Waals surface area contributed by atoms with E-state index < -0.39 is 12.0 Å². The zero-order valence-corrected chi connectivity index (χ0v) is 7.15. The van der Waals surface area contributed by atoms with E-state index in [9.17, 15) is 9.59 Å². The quantitative estimate of drug-likeness (QED) is 0.479. The van der Waals surface area contributed by atoms with E-state index in [-0.39, 0.29) is 11.3 Å². The highest BCUT2D eigenvalue weighted by atomic mass is 16.4. The first-order chi connectivity index (χ1) is 6.50. The first kappa shape index (κ1) is 9.85. The van der Waals surface area contributed by atoms with Crippen LogP contribution in [0.1, 0.15) is 10.4 Å². The largest absolute Gasteiger partial charge is 0.465 e. The molecule has 0 saturated carbocycles. The standard InChI is InChI=1S/C8H9N3O3/c9-5-2-1-4(3-6(5)10)7(12)11-8(13)14/h1-3H,9-10H2,(H,11,12)(H,13,14). The Morgan fingerprint density at radius 2 is 1.86 bits per heavy atom. The molecule has 0 aromatic heterocycles. The monoisotopic (exact) mass is 195 g/mol. The summed E-state index contributed by atoms with van der Waals surface area (Å²) >= 11 is 0. The van der Waals surface area contributed by atoms with Crippen molar-refractivity contribution < 1.29 is 14.7 Å². The SMILES string of the molecule is Nc1ccc(C(=O)NC(=O)O)cc1N. The van der Waals surface area contributed by atoms with Gasteiger partial charge in [0, 0.05) is 5.56 Å². The van der Waals surface area contributed by atoms with E-state index in [1.807, 2.05) is 0 Å². The number of carbonyl (C=O) groups is 2. The van der Waals surface area contributed by atoms with Gasteiger partial charge in [-0.3, -0.25) is 10.1 Å². The van der Waals surface area contributed by atoms with Crippen LogP contribution in [0.3, 0.4) is 0 Å². The number of amides is 2. The van der Waals surface area contributed by atoms with Gasteiger partial charge in [-0.05, 0) is 18.2 Å². The van der Waals surface area contributed by atoms with Crippen LogP contribution < -0.4 is 16.8 Å². The van der Waals surface area contributed by atoms with Crippen LogP contribution in [0.15, 0.2) is 18.2 Å². The number of benzene rings is 1. The zero-order valence-electron chi connectivity index (χ0n) is 7.15. The summed E-state index contributed by atoms with van der Waals surface area (Å²) in [5.74, 6) is -0.732. The third-order valence-electron chi connectivity index (χ3n) is 1.57. The van der Waals surface area contributed by atoms with Gasteiger partial charge in [-0.1, -0.05) is 0 Å². The smallest absolute Gasteiger partial charge is 0.411 e. The summed E-state index contributed by atoms with van der Waals surface area (Å²) < 4.78 is 0. The fourth-order valence-electron chi connectivity index (χ4n) is 0.885. The Morgan fingerprint density at radius 3 is 2.36 bits per heavy atom. The lowest BCUT2D eigenvalue weighted by Gasteiger charge is -2.03. The van der Waals surface area contributed by atoms with Gasteiger partial charge in [0.05, 0.1) is 11.4 Å². The van der Waals surface area contributed by atoms with Crippen molar-refractivity contribution in [3.8, 4) is 0 Å². The van der Waals surface area contributed by atoms with Gasteiger partial charge in [0.1, 0.15) is 0 Å². The molecule has 0 radical (unpaired) electrons. The lowest BCUT2D eigenvalue weighted by molar-refractivity contribution is 0.0948. The van der Waals surface area contributed by atoms with Crippen LogP contribution in [0.4, 0.5) is 16.2 Å². The fraction of sp³-hybridized carbons (Fsp3) is 0. The van der Waals surface area contributed by atoms with Crippen molar-refractivity contribution in [2.24, 2.45) is 0 Å². The molecular formula is C8H9N3O3. The van der Waals surface area contributed by atoms with E-state index in [2.05, 4.69) is 0 Å². The number of hydrogen-bond acceptors (Lipinski definition) is 4. The number of nitrogens with two attached hydrogens (primary N) is 2. The van der Waals surface area contributed by atoms with Gasteiger partial charge in [-0.2, -0.15) is 0 Å². The molecule has 0 saturated heterocycles. The Kier molecular flexibility index (Phi) is 2.57. The first-order valence-electron chi connectivity index (χ1n) is 3.70. The zero-order chi connectivity index (χ0) is 10.7. The Labute approximate surface area is 79.5 Å². The molecule has 14 heavy (non-hydrogen) atoms. The number of carboxylic acid groups (broad SMARTS) is 1. The number of nitrogen functional groups attached to an aromatic ring is 2. The molecule has 0 aliphatic heterocycles. The Hall–Kier alpha value is -2.24. The van der Waals surface area contributed by atoms with Gasteiger partial charge in [-0.15, -0.1) is 0 Å². The third-order valence-corrected chi connectivity index (χ3v) is 1.57. The van der Waals surface area contributed by atoms with Crippen molar-refractivity contribution in [2.75, 3.05) is 11.5 Å². The van der Waals surface area contributed by atoms with Gasteiger partial charge < -0.3 is 16.6 Å². The molecule has 6 heteroatoms. The maximum absolute atomic E-state index is 11.1. The summed E-state index contributed by atoms with van der Waals surface area (Å²) in [4.78, 5) is 21.3. The second kappa shape index (κ2) is 3.65. The number of nitrogens with one attached hydrogen (secondary N) is 1. The van der Waals surface area contributed by atoms with Crippen molar-refractivity contribution in [3.63, 3.8) is 0 Å². The molecule has 1 aromatic carbocycles. The van der Waals surface area contributed by atoms with Crippen LogP contribution in [0.25, 0.3) is 0 Å². The van der Waals surface area contributed by atoms with Crippen molar-refractivity contribution >= 4 is 23.4 Å². The van der Waals surface area contributed by atoms with Crippen molar-refractivity contribution in [1.29, 1.82) is 0 Å². The molecule has 6 nitrogen and oxygen atoms in total. The first-order valence-corrected chi connectivity index (χ1v) is 3.70. The summed E-state index contributed by atoms with van der Waals surface area (Å²) in [5, 5.41) is 9.97. The molecule has 0 aliphatic carbocycles. The lowest BCUT2D eigenvalue weighted by atomic mass is 10.1. The van der Waals surface area contributed by atoms with Crippen LogP contribution in [0.5, 0.6) is 0 Å². The molecule has 0 unspecified atom stereocenters. The molecule has 0 fully saturated rings. The second-order valence-electron chi connectivity index (χ2n) is 2.60. The minimum atomic E-state index is -1.41. The van der Waals surface area contributed by atoms with Crippen molar-refractivity contribution in [2.45, 2.75) is 0 Å². The molecular weight excluding hydrogens is 186 g/mol. The topological polar surface area (TPSA) is 118 Å². The molecule has 0 bridgehead atoms. The summed E-state index contributed by atoms with van der Waals surface area (Å²) in [6.07, 6.45) is -1.41. The number of anilines is 2. The number of hydrogen-bond donors (Lipinski definition) is 4. The highest BCUT2D eigenvalue weighted by molar-refractivity contribution is 6.03. The van der Waals surface area contributed by atoms with E-state index in [1.54, 1.807) is 5.32 Å². The summed E-state index contributed by atoms with van der Waals surface area (Å²) in [6.45, 7) is 0. The molecule has 1 rings (SSSR count). The molecule has 6 N–H and O–H groups in total. The van der Waals surface area contributed by atoms with E-state index in [0.717, 1.165) is 0 Å². The predicted octanol–water partition coefficient (Wildman–Crippen LogP) is 0.259. The molecule has 0 aliphatic rings. The number of rotatable bonds is 1. The minimum Gasteiger partial charge on any atom is -0.465 e. The highest BCUT2D eigenvalue weighted by Crippen LogP contribution is 2.15. The minimum absolute atomic E-state index is 0.152. The van der Waals surface area contributed by atoms with Crippen LogP contribution in [0.2, 0.25) is 0 Å². The van der Waals surface area contributed by atoms with E-state index >= 15 is 0 Å². The van der Waals surface area contributed by atoms with E-state index in [1.165, 1.54) is 18.2 Å². The van der Waals surface area contributed by atoms with Crippen LogP contribution in [0, 0.1) is 0 Å². The normalized spacial score (nSPS) is 9.43. The molecule has 1 aromatic rings. The lowest BCUT2D eigenvalue weighted by Crippen LogP contribution is -2.28. The fourth-order valence-corrected chi connectivity index (χ4v) is 0.885. The molecule has 74 valence electrons. The average molecular weight is 195 g/mol. The van der Waals surface area contributed by atoms with Gasteiger partial charge >= 0.3 is 6.09 Å². The average Bonchev–Trinajstić information content (AvgIpc) is 2.08. The van der Waals surface area contributed by atoms with Gasteiger partial charge in [0.2, 0.25) is 0 Å². The molecule has 2 amide bonds.